The summed E-state index contributed by atoms with van der Waals surface area (Å²) >= 11 is 0. The lowest BCUT2D eigenvalue weighted by Gasteiger charge is -2.23. The van der Waals surface area contributed by atoms with Gasteiger partial charge in [-0.25, -0.2) is 14.8 Å². The summed E-state index contributed by atoms with van der Waals surface area (Å²) in [6, 6.07) is 16.8. The zero-order valence-electron chi connectivity index (χ0n) is 21.9. The molecule has 2 aromatic carbocycles. The number of carbonyl (C=O) groups is 1. The molecule has 1 aliphatic heterocycles. The Balaban J connectivity index is 1.18. The van der Waals surface area contributed by atoms with Gasteiger partial charge in [0.05, 0.1) is 36.6 Å². The number of hydroxylamine groups is 2. The highest BCUT2D eigenvalue weighted by molar-refractivity contribution is 5.89. The van der Waals surface area contributed by atoms with E-state index in [1.807, 2.05) is 79.6 Å². The number of rotatable bonds is 7. The molecule has 0 saturated carbocycles. The quantitative estimate of drug-likeness (QED) is 0.349. The fourth-order valence-corrected chi connectivity index (χ4v) is 4.08. The molecule has 10 heteroatoms. The maximum absolute atomic E-state index is 12.9. The monoisotopic (exact) mass is 522 g/mol. The van der Waals surface area contributed by atoms with E-state index in [0.717, 1.165) is 36.3 Å². The molecule has 0 bridgehead atoms. The molecule has 0 aliphatic carbocycles. The van der Waals surface area contributed by atoms with E-state index in [1.54, 1.807) is 18.6 Å². The minimum absolute atomic E-state index is 0.120. The number of anilines is 3. The van der Waals surface area contributed by atoms with Crippen LogP contribution in [0.15, 0.2) is 79.4 Å². The zero-order valence-corrected chi connectivity index (χ0v) is 21.9. The molecule has 5 rings (SSSR count). The maximum Gasteiger partial charge on any atom is 0.346 e. The predicted molar refractivity (Wildman–Crippen MR) is 149 cm³/mol. The summed E-state index contributed by atoms with van der Waals surface area (Å²) in [5, 5.41) is 11.8. The molecule has 1 fully saturated rings. The third kappa shape index (κ3) is 6.98. The fourth-order valence-electron chi connectivity index (χ4n) is 4.08. The topological polar surface area (TPSA) is 100 Å². The maximum atomic E-state index is 12.9. The van der Waals surface area contributed by atoms with Gasteiger partial charge in [-0.2, -0.15) is 10.2 Å². The second-order valence-corrected chi connectivity index (χ2v) is 9.35. The van der Waals surface area contributed by atoms with Crippen LogP contribution in [0.25, 0.3) is 0 Å². The third-order valence-electron chi connectivity index (χ3n) is 6.07. The van der Waals surface area contributed by atoms with Gasteiger partial charge in [0.2, 0.25) is 5.95 Å². The molecule has 2 amide bonds. The molecule has 3 heterocycles. The first-order valence-corrected chi connectivity index (χ1v) is 12.7. The summed E-state index contributed by atoms with van der Waals surface area (Å²) in [6.45, 7) is 2.20. The Labute approximate surface area is 227 Å². The zero-order chi connectivity index (χ0) is 27.0. The van der Waals surface area contributed by atoms with Gasteiger partial charge in [-0.1, -0.05) is 48.2 Å². The van der Waals surface area contributed by atoms with Gasteiger partial charge in [0.15, 0.2) is 0 Å². The molecule has 4 aromatic rings. The molecule has 1 atom stereocenters. The number of amides is 2. The van der Waals surface area contributed by atoms with Crippen molar-refractivity contribution in [3.63, 3.8) is 0 Å². The smallest absolute Gasteiger partial charge is 0.321 e. The minimum Gasteiger partial charge on any atom is -0.321 e. The highest BCUT2D eigenvalue weighted by Gasteiger charge is 2.31. The summed E-state index contributed by atoms with van der Waals surface area (Å²) < 4.78 is 1.87. The van der Waals surface area contributed by atoms with Gasteiger partial charge in [-0.3, -0.25) is 9.52 Å². The first-order chi connectivity index (χ1) is 19.0. The van der Waals surface area contributed by atoms with E-state index in [-0.39, 0.29) is 12.1 Å². The second-order valence-electron chi connectivity index (χ2n) is 9.35. The number of nitrogens with zero attached hydrogens (tertiary/aromatic N) is 6. The van der Waals surface area contributed by atoms with E-state index >= 15 is 0 Å². The molecule has 39 heavy (non-hydrogen) atoms. The van der Waals surface area contributed by atoms with E-state index in [1.165, 1.54) is 5.06 Å². The summed E-state index contributed by atoms with van der Waals surface area (Å²) in [6.07, 6.45) is 7.75. The van der Waals surface area contributed by atoms with Gasteiger partial charge in [-0.05, 0) is 37.9 Å². The molecule has 198 valence electrons. The molecule has 10 nitrogen and oxygen atoms in total. The number of aromatic nitrogens is 4. The van der Waals surface area contributed by atoms with Crippen molar-refractivity contribution in [3.8, 4) is 11.8 Å². The van der Waals surface area contributed by atoms with Crippen LogP contribution in [0, 0.1) is 11.8 Å². The summed E-state index contributed by atoms with van der Waals surface area (Å²) in [5.41, 5.74) is 3.93. The van der Waals surface area contributed by atoms with Crippen molar-refractivity contribution in [1.29, 1.82) is 0 Å². The second kappa shape index (κ2) is 12.2. The minimum atomic E-state index is -0.314. The Kier molecular flexibility index (Phi) is 8.12. The normalized spacial score (nSPS) is 14.6. The van der Waals surface area contributed by atoms with Crippen LogP contribution in [0.4, 0.5) is 22.1 Å². The predicted octanol–water partition coefficient (Wildman–Crippen LogP) is 4.29. The summed E-state index contributed by atoms with van der Waals surface area (Å²) in [7, 11) is 4.06. The molecule has 0 spiro atoms. The van der Waals surface area contributed by atoms with E-state index in [4.69, 9.17) is 4.84 Å². The van der Waals surface area contributed by atoms with Crippen molar-refractivity contribution in [1.82, 2.24) is 29.7 Å². The molecule has 0 unspecified atom stereocenters. The Bertz CT molecular complexity index is 1460. The number of benzene rings is 2. The fraction of sp³-hybridized carbons (Fsp3) is 0.241. The van der Waals surface area contributed by atoms with Crippen LogP contribution < -0.4 is 10.6 Å². The SMILES string of the molecule is CN(C)CCn1cc(Nc2ncc(C#Cc3cccc(NC(=O)N4OCC[C@H]4c4ccccc4)c3)cn2)cn1. The van der Waals surface area contributed by atoms with E-state index in [0.29, 0.717) is 23.8 Å². The van der Waals surface area contributed by atoms with Crippen molar-refractivity contribution in [2.24, 2.45) is 0 Å². The Morgan fingerprint density at radius 2 is 1.82 bits per heavy atom. The summed E-state index contributed by atoms with van der Waals surface area (Å²) in [5.74, 6) is 6.65. The average molecular weight is 523 g/mol. The lowest BCUT2D eigenvalue weighted by atomic mass is 10.1. The van der Waals surface area contributed by atoms with Gasteiger partial charge in [0.1, 0.15) is 0 Å². The van der Waals surface area contributed by atoms with Gasteiger partial charge < -0.3 is 15.5 Å². The van der Waals surface area contributed by atoms with E-state index in [9.17, 15) is 4.79 Å². The third-order valence-corrected chi connectivity index (χ3v) is 6.07. The standard InChI is InChI=1S/C29H30N8O2/c1-35(2)14-15-36-21-26(20-32-36)33-28-30-18-23(19-31-28)12-11-22-7-6-10-25(17-22)34-29(38)37-27(13-16-39-37)24-8-4-3-5-9-24/h3-10,17-21,27H,13-16H2,1-2H3,(H,34,38)(H,30,31,33)/t27-/m0/s1. The van der Waals surface area contributed by atoms with Crippen molar-refractivity contribution < 1.29 is 9.63 Å². The largest absolute Gasteiger partial charge is 0.346 e. The van der Waals surface area contributed by atoms with Crippen molar-refractivity contribution in [2.75, 3.05) is 37.9 Å². The van der Waals surface area contributed by atoms with E-state index < -0.39 is 0 Å². The van der Waals surface area contributed by atoms with Crippen molar-refractivity contribution in [3.05, 3.63) is 96.1 Å². The molecule has 2 aromatic heterocycles. The molecular formula is C29H30N8O2. The molecule has 1 saturated heterocycles. The first kappa shape index (κ1) is 25.9. The van der Waals surface area contributed by atoms with Crippen LogP contribution in [0.5, 0.6) is 0 Å². The van der Waals surface area contributed by atoms with E-state index in [2.05, 4.69) is 42.4 Å². The highest BCUT2D eigenvalue weighted by atomic mass is 16.7. The molecule has 1 aliphatic rings. The molecular weight excluding hydrogens is 492 g/mol. The van der Waals surface area contributed by atoms with Crippen LogP contribution in [0.2, 0.25) is 0 Å². The van der Waals surface area contributed by atoms with Crippen molar-refractivity contribution in [2.45, 2.75) is 19.0 Å². The Morgan fingerprint density at radius 1 is 1.03 bits per heavy atom. The van der Waals surface area contributed by atoms with Crippen LogP contribution in [-0.4, -0.2) is 63.0 Å². The van der Waals surface area contributed by atoms with Crippen LogP contribution in [0.1, 0.15) is 29.2 Å². The lowest BCUT2D eigenvalue weighted by molar-refractivity contribution is -0.0829. The average Bonchev–Trinajstić information content (AvgIpc) is 3.62. The number of likely N-dealkylation sites (N-methyl/N-ethyl adjacent to an activating group) is 1. The summed E-state index contributed by atoms with van der Waals surface area (Å²) in [4.78, 5) is 29.4. The van der Waals surface area contributed by atoms with Crippen molar-refractivity contribution >= 4 is 23.4 Å². The Hall–Kier alpha value is -4.72. The van der Waals surface area contributed by atoms with Gasteiger partial charge >= 0.3 is 6.03 Å². The highest BCUT2D eigenvalue weighted by Crippen LogP contribution is 2.30. The number of hydrogen-bond acceptors (Lipinski definition) is 7. The number of nitrogens with one attached hydrogen (secondary N) is 2. The van der Waals surface area contributed by atoms with Crippen LogP contribution in [0.3, 0.4) is 0 Å². The van der Waals surface area contributed by atoms with Crippen LogP contribution >= 0.6 is 0 Å². The molecule has 0 radical (unpaired) electrons. The lowest BCUT2D eigenvalue weighted by Crippen LogP contribution is -2.33. The number of carbonyl (C=O) groups excluding carboxylic acids is 1. The first-order valence-electron chi connectivity index (χ1n) is 12.7. The van der Waals surface area contributed by atoms with Gasteiger partial charge in [0.25, 0.3) is 0 Å². The number of urea groups is 1. The van der Waals surface area contributed by atoms with Gasteiger partial charge in [-0.15, -0.1) is 0 Å². The Morgan fingerprint density at radius 3 is 2.62 bits per heavy atom. The van der Waals surface area contributed by atoms with Crippen LogP contribution in [-0.2, 0) is 11.4 Å². The van der Waals surface area contributed by atoms with Gasteiger partial charge in [0, 0.05) is 42.8 Å². The number of hydrogen-bond donors (Lipinski definition) is 2. The molecule has 2 N–H and O–H groups in total.